The van der Waals surface area contributed by atoms with Crippen molar-refractivity contribution in [3.8, 4) is 5.75 Å². The molecule has 0 bridgehead atoms. The van der Waals surface area contributed by atoms with Gasteiger partial charge in [0.05, 0.1) is 28.9 Å². The Morgan fingerprint density at radius 1 is 1.19 bits per heavy atom. The molecule has 37 heavy (non-hydrogen) atoms. The fourth-order valence-corrected chi connectivity index (χ4v) is 4.26. The van der Waals surface area contributed by atoms with Crippen molar-refractivity contribution in [3.63, 3.8) is 0 Å². The van der Waals surface area contributed by atoms with Crippen molar-refractivity contribution >= 4 is 41.7 Å². The number of hydrogen-bond donors (Lipinski definition) is 3. The minimum atomic E-state index is -4.46. The number of alkyl halides is 3. The third-order valence-corrected chi connectivity index (χ3v) is 6.44. The van der Waals surface area contributed by atoms with Gasteiger partial charge in [0.15, 0.2) is 0 Å². The summed E-state index contributed by atoms with van der Waals surface area (Å²) in [4.78, 5) is 26.1. The van der Waals surface area contributed by atoms with Gasteiger partial charge in [0.25, 0.3) is 5.91 Å². The molecule has 0 aliphatic carbocycles. The van der Waals surface area contributed by atoms with Crippen LogP contribution in [0.4, 0.5) is 23.7 Å². The van der Waals surface area contributed by atoms with E-state index < -0.39 is 23.9 Å². The van der Waals surface area contributed by atoms with Gasteiger partial charge in [-0.2, -0.15) is 13.2 Å². The van der Waals surface area contributed by atoms with E-state index in [-0.39, 0.29) is 41.4 Å². The number of carbonyl (C=O) groups is 2. The Morgan fingerprint density at radius 3 is 2.35 bits per heavy atom. The monoisotopic (exact) mass is 564 g/mol. The van der Waals surface area contributed by atoms with Gasteiger partial charge in [0, 0.05) is 19.2 Å². The lowest BCUT2D eigenvalue weighted by atomic mass is 9.96. The van der Waals surface area contributed by atoms with Crippen LogP contribution in [0.15, 0.2) is 36.4 Å². The van der Waals surface area contributed by atoms with E-state index in [4.69, 9.17) is 32.5 Å². The Labute approximate surface area is 223 Å². The van der Waals surface area contributed by atoms with Crippen molar-refractivity contribution in [2.75, 3.05) is 39.0 Å². The largest absolute Gasteiger partial charge is 0.496 e. The number of rotatable bonds is 8. The lowest BCUT2D eigenvalue weighted by molar-refractivity contribution is -0.137. The first-order chi connectivity index (χ1) is 17.0. The van der Waals surface area contributed by atoms with Gasteiger partial charge in [-0.3, -0.25) is 9.69 Å². The molecule has 1 aliphatic heterocycles. The fraction of sp³-hybridized carbons (Fsp3) is 0.417. The van der Waals surface area contributed by atoms with Gasteiger partial charge < -0.3 is 26.3 Å². The summed E-state index contributed by atoms with van der Waals surface area (Å²) in [7, 11) is 1.44. The van der Waals surface area contributed by atoms with Gasteiger partial charge in [-0.25, -0.2) is 4.79 Å². The smallest absolute Gasteiger partial charge is 0.416 e. The predicted octanol–water partition coefficient (Wildman–Crippen LogP) is 4.65. The van der Waals surface area contributed by atoms with Crippen molar-refractivity contribution in [3.05, 3.63) is 58.1 Å². The minimum absolute atomic E-state index is 0. The van der Waals surface area contributed by atoms with Crippen LogP contribution in [0.1, 0.15) is 40.4 Å². The second-order valence-electron chi connectivity index (χ2n) is 8.57. The third-order valence-electron chi connectivity index (χ3n) is 6.11. The number of benzene rings is 2. The molecule has 13 heteroatoms. The molecule has 8 nitrogen and oxygen atoms in total. The zero-order chi connectivity index (χ0) is 26.5. The molecule has 0 saturated carbocycles. The first-order valence-corrected chi connectivity index (χ1v) is 11.6. The van der Waals surface area contributed by atoms with Crippen LogP contribution in [-0.4, -0.2) is 50.2 Å². The van der Waals surface area contributed by atoms with Crippen molar-refractivity contribution in [2.24, 2.45) is 11.7 Å². The van der Waals surface area contributed by atoms with Crippen molar-refractivity contribution in [1.29, 1.82) is 0 Å². The number of amides is 2. The molecule has 1 fully saturated rings. The number of carbonyl (C=O) groups excluding carboxylic acids is 2. The Bertz CT molecular complexity index is 1080. The number of nitrogens with one attached hydrogen (secondary N) is 1. The number of hydrogen-bond acceptors (Lipinski definition) is 6. The average Bonchev–Trinajstić information content (AvgIpc) is 2.83. The van der Waals surface area contributed by atoms with Crippen molar-refractivity contribution in [1.82, 2.24) is 10.2 Å². The maximum Gasteiger partial charge on any atom is 0.416 e. The maximum atomic E-state index is 12.9. The minimum Gasteiger partial charge on any atom is -0.496 e. The molecule has 2 aromatic carbocycles. The van der Waals surface area contributed by atoms with Gasteiger partial charge >= 0.3 is 12.3 Å². The zero-order valence-electron chi connectivity index (χ0n) is 20.0. The predicted molar refractivity (Wildman–Crippen MR) is 136 cm³/mol. The summed E-state index contributed by atoms with van der Waals surface area (Å²) in [5, 5.41) is 3.16. The van der Waals surface area contributed by atoms with Gasteiger partial charge in [0.2, 0.25) is 0 Å². The van der Waals surface area contributed by atoms with Crippen LogP contribution in [0.2, 0.25) is 5.02 Å². The van der Waals surface area contributed by atoms with E-state index >= 15 is 0 Å². The number of ether oxygens (including phenoxy) is 2. The highest BCUT2D eigenvalue weighted by Crippen LogP contribution is 2.31. The van der Waals surface area contributed by atoms with E-state index in [1.807, 2.05) is 4.90 Å². The molecular weight excluding hydrogens is 536 g/mol. The topological polar surface area (TPSA) is 120 Å². The average molecular weight is 565 g/mol. The van der Waals surface area contributed by atoms with Crippen LogP contribution >= 0.6 is 24.0 Å². The molecule has 0 aromatic heterocycles. The summed E-state index contributed by atoms with van der Waals surface area (Å²) in [6.45, 7) is 2.03. The number of nitrogen functional groups attached to an aromatic ring is 1. The molecule has 1 aliphatic rings. The number of methoxy groups -OCH3 is 1. The van der Waals surface area contributed by atoms with Gasteiger partial charge in [-0.1, -0.05) is 23.7 Å². The number of nitrogens with zero attached hydrogens (tertiary/aromatic N) is 1. The van der Waals surface area contributed by atoms with Gasteiger partial charge in [-0.05, 0) is 55.6 Å². The molecule has 1 saturated heterocycles. The molecule has 1 atom stereocenters. The molecule has 2 amide bonds. The van der Waals surface area contributed by atoms with E-state index in [1.165, 1.54) is 31.4 Å². The number of primary amides is 1. The van der Waals surface area contributed by atoms with Crippen LogP contribution in [0, 0.1) is 5.92 Å². The van der Waals surface area contributed by atoms with E-state index in [0.29, 0.717) is 36.6 Å². The van der Waals surface area contributed by atoms with Crippen molar-refractivity contribution in [2.45, 2.75) is 25.1 Å². The second kappa shape index (κ2) is 13.1. The zero-order valence-corrected chi connectivity index (χ0v) is 21.6. The lowest BCUT2D eigenvalue weighted by Crippen LogP contribution is -2.41. The summed E-state index contributed by atoms with van der Waals surface area (Å²) < 4.78 is 49.0. The molecule has 0 spiro atoms. The number of halogens is 5. The summed E-state index contributed by atoms with van der Waals surface area (Å²) in [5.74, 6) is 0.211. The highest BCUT2D eigenvalue weighted by atomic mass is 35.5. The number of piperidine rings is 1. The number of nitrogens with two attached hydrogens (primary N) is 2. The van der Waals surface area contributed by atoms with E-state index in [1.54, 1.807) is 0 Å². The molecule has 1 heterocycles. The quantitative estimate of drug-likeness (QED) is 0.401. The summed E-state index contributed by atoms with van der Waals surface area (Å²) in [6, 6.07) is 7.44. The standard InChI is InChI=1S/C24H28ClF3N4O4.ClH/c1-35-20-11-19(29)18(25)10-17(20)22(33)31-12-14-6-8-32(9-7-14)13-21(36-23(30)34)15-2-4-16(5-3-15)24(26,27)28;/h2-5,10-11,14,21H,6-9,12-13,29H2,1H3,(H2,30,34)(H,31,33);1H. The molecule has 0 radical (unpaired) electrons. The van der Waals surface area contributed by atoms with E-state index in [9.17, 15) is 22.8 Å². The van der Waals surface area contributed by atoms with Crippen LogP contribution in [0.25, 0.3) is 0 Å². The van der Waals surface area contributed by atoms with Crippen LogP contribution in [0.5, 0.6) is 5.75 Å². The molecule has 3 rings (SSSR count). The summed E-state index contributed by atoms with van der Waals surface area (Å²) in [6.07, 6.45) is -4.74. The number of anilines is 1. The maximum absolute atomic E-state index is 12.9. The Hall–Kier alpha value is -2.89. The highest BCUT2D eigenvalue weighted by Gasteiger charge is 2.31. The second-order valence-corrected chi connectivity index (χ2v) is 8.98. The normalized spacial score (nSPS) is 15.4. The fourth-order valence-electron chi connectivity index (χ4n) is 4.09. The molecule has 204 valence electrons. The van der Waals surface area contributed by atoms with E-state index in [0.717, 1.165) is 25.0 Å². The Morgan fingerprint density at radius 2 is 1.81 bits per heavy atom. The SMILES string of the molecule is COc1cc(N)c(Cl)cc1C(=O)NCC1CCN(CC(OC(N)=O)c2ccc(C(F)(F)F)cc2)CC1.Cl. The Balaban J connectivity index is 0.00000481. The summed E-state index contributed by atoms with van der Waals surface area (Å²) in [5.41, 5.74) is 11.2. The van der Waals surface area contributed by atoms with Crippen LogP contribution in [0.3, 0.4) is 0 Å². The van der Waals surface area contributed by atoms with Crippen molar-refractivity contribution < 1.29 is 32.2 Å². The molecular formula is C24H29Cl2F3N4O4. The van der Waals surface area contributed by atoms with Gasteiger partial charge in [-0.15, -0.1) is 12.4 Å². The first-order valence-electron chi connectivity index (χ1n) is 11.2. The lowest BCUT2D eigenvalue weighted by Gasteiger charge is -2.34. The van der Waals surface area contributed by atoms with Crippen LogP contribution < -0.4 is 21.5 Å². The molecule has 2 aromatic rings. The first kappa shape index (κ1) is 30.3. The molecule has 1 unspecified atom stereocenters. The van der Waals surface area contributed by atoms with E-state index in [2.05, 4.69) is 5.32 Å². The van der Waals surface area contributed by atoms with Gasteiger partial charge in [0.1, 0.15) is 11.9 Å². The van der Waals surface area contributed by atoms with Crippen LogP contribution in [-0.2, 0) is 10.9 Å². The Kier molecular flexibility index (Phi) is 10.7. The molecule has 5 N–H and O–H groups in total. The third kappa shape index (κ3) is 8.31. The summed E-state index contributed by atoms with van der Waals surface area (Å²) >= 11 is 6.04. The highest BCUT2D eigenvalue weighted by molar-refractivity contribution is 6.33. The number of likely N-dealkylation sites (tertiary alicyclic amines) is 1.